The lowest BCUT2D eigenvalue weighted by molar-refractivity contribution is 0.0923. The number of furan rings is 1. The van der Waals surface area contributed by atoms with Gasteiger partial charge in [0.1, 0.15) is 5.76 Å². The SMILES string of the molecule is CCc1ccc(-c2ccc(C(=O)NCC3CCCN3)o2)cc1. The first kappa shape index (κ1) is 14.9. The van der Waals surface area contributed by atoms with Gasteiger partial charge in [-0.15, -0.1) is 0 Å². The normalized spacial score (nSPS) is 17.6. The van der Waals surface area contributed by atoms with Gasteiger partial charge in [-0.2, -0.15) is 0 Å². The van der Waals surface area contributed by atoms with E-state index in [0.717, 1.165) is 30.7 Å². The minimum atomic E-state index is -0.148. The van der Waals surface area contributed by atoms with Crippen LogP contribution in [0.25, 0.3) is 11.3 Å². The summed E-state index contributed by atoms with van der Waals surface area (Å²) in [5.74, 6) is 0.949. The Labute approximate surface area is 130 Å². The molecule has 116 valence electrons. The van der Waals surface area contributed by atoms with Gasteiger partial charge < -0.3 is 15.1 Å². The Balaban J connectivity index is 1.63. The summed E-state index contributed by atoms with van der Waals surface area (Å²) in [6.07, 6.45) is 3.31. The van der Waals surface area contributed by atoms with Crippen LogP contribution in [0.2, 0.25) is 0 Å². The quantitative estimate of drug-likeness (QED) is 0.892. The minimum Gasteiger partial charge on any atom is -0.451 e. The van der Waals surface area contributed by atoms with Crippen LogP contribution in [-0.2, 0) is 6.42 Å². The molecule has 1 aromatic carbocycles. The van der Waals surface area contributed by atoms with Crippen molar-refractivity contribution in [1.29, 1.82) is 0 Å². The van der Waals surface area contributed by atoms with Crippen LogP contribution < -0.4 is 10.6 Å². The molecule has 2 N–H and O–H groups in total. The van der Waals surface area contributed by atoms with Crippen LogP contribution in [0.4, 0.5) is 0 Å². The van der Waals surface area contributed by atoms with Gasteiger partial charge in [0.15, 0.2) is 5.76 Å². The molecule has 0 bridgehead atoms. The molecular weight excluding hydrogens is 276 g/mol. The summed E-state index contributed by atoms with van der Waals surface area (Å²) in [6.45, 7) is 3.82. The standard InChI is InChI=1S/C18H22N2O2/c1-2-13-5-7-14(8-6-13)16-9-10-17(22-16)18(21)20-12-15-4-3-11-19-15/h5-10,15,19H,2-4,11-12H2,1H3,(H,20,21). The van der Waals surface area contributed by atoms with Gasteiger partial charge in [0.2, 0.25) is 0 Å². The smallest absolute Gasteiger partial charge is 0.287 e. The molecule has 0 saturated carbocycles. The van der Waals surface area contributed by atoms with Gasteiger partial charge in [0.05, 0.1) is 0 Å². The van der Waals surface area contributed by atoms with Crippen molar-refractivity contribution >= 4 is 5.91 Å². The fourth-order valence-corrected chi connectivity index (χ4v) is 2.75. The Morgan fingerprint density at radius 1 is 1.27 bits per heavy atom. The summed E-state index contributed by atoms with van der Waals surface area (Å²) < 4.78 is 5.69. The first-order valence-corrected chi connectivity index (χ1v) is 7.97. The number of carbonyl (C=O) groups is 1. The van der Waals surface area contributed by atoms with Crippen molar-refractivity contribution in [2.45, 2.75) is 32.2 Å². The molecule has 4 nitrogen and oxygen atoms in total. The molecule has 3 rings (SSSR count). The average molecular weight is 298 g/mol. The molecule has 1 fully saturated rings. The van der Waals surface area contributed by atoms with Crippen molar-refractivity contribution < 1.29 is 9.21 Å². The third-order valence-corrected chi connectivity index (χ3v) is 4.15. The van der Waals surface area contributed by atoms with Crippen molar-refractivity contribution in [3.63, 3.8) is 0 Å². The number of hydrogen-bond acceptors (Lipinski definition) is 3. The molecule has 1 amide bonds. The maximum Gasteiger partial charge on any atom is 0.287 e. The van der Waals surface area contributed by atoms with Crippen LogP contribution in [0.1, 0.15) is 35.9 Å². The number of rotatable bonds is 5. The zero-order valence-corrected chi connectivity index (χ0v) is 12.9. The number of benzene rings is 1. The summed E-state index contributed by atoms with van der Waals surface area (Å²) in [5.41, 5.74) is 2.28. The van der Waals surface area contributed by atoms with E-state index in [9.17, 15) is 4.79 Å². The van der Waals surface area contributed by atoms with Crippen LogP contribution in [0.3, 0.4) is 0 Å². The van der Waals surface area contributed by atoms with Crippen LogP contribution >= 0.6 is 0 Å². The third-order valence-electron chi connectivity index (χ3n) is 4.15. The number of aryl methyl sites for hydroxylation is 1. The Kier molecular flexibility index (Phi) is 4.59. The molecule has 4 heteroatoms. The number of nitrogens with one attached hydrogen (secondary N) is 2. The number of amides is 1. The highest BCUT2D eigenvalue weighted by molar-refractivity contribution is 5.92. The van der Waals surface area contributed by atoms with E-state index in [-0.39, 0.29) is 5.91 Å². The lowest BCUT2D eigenvalue weighted by Gasteiger charge is -2.10. The van der Waals surface area contributed by atoms with E-state index in [4.69, 9.17) is 4.42 Å². The van der Waals surface area contributed by atoms with Crippen LogP contribution in [0.5, 0.6) is 0 Å². The van der Waals surface area contributed by atoms with E-state index in [1.807, 2.05) is 18.2 Å². The van der Waals surface area contributed by atoms with Crippen LogP contribution in [0.15, 0.2) is 40.8 Å². The first-order valence-electron chi connectivity index (χ1n) is 7.97. The second kappa shape index (κ2) is 6.79. The van der Waals surface area contributed by atoms with Crippen molar-refractivity contribution in [2.24, 2.45) is 0 Å². The lowest BCUT2D eigenvalue weighted by atomic mass is 10.1. The lowest BCUT2D eigenvalue weighted by Crippen LogP contribution is -2.37. The fraction of sp³-hybridized carbons (Fsp3) is 0.389. The maximum absolute atomic E-state index is 12.1. The zero-order chi connectivity index (χ0) is 15.4. The predicted octanol–water partition coefficient (Wildman–Crippen LogP) is 2.99. The predicted molar refractivity (Wildman–Crippen MR) is 86.9 cm³/mol. The van der Waals surface area contributed by atoms with Gasteiger partial charge in [-0.25, -0.2) is 0 Å². The van der Waals surface area contributed by atoms with Gasteiger partial charge in [-0.3, -0.25) is 4.79 Å². The first-order chi connectivity index (χ1) is 10.8. The van der Waals surface area contributed by atoms with E-state index in [0.29, 0.717) is 18.3 Å². The molecule has 2 heterocycles. The van der Waals surface area contributed by atoms with E-state index in [1.54, 1.807) is 6.07 Å². The Morgan fingerprint density at radius 3 is 2.77 bits per heavy atom. The van der Waals surface area contributed by atoms with Crippen LogP contribution in [-0.4, -0.2) is 25.0 Å². The summed E-state index contributed by atoms with van der Waals surface area (Å²) in [5, 5.41) is 6.29. The Hall–Kier alpha value is -2.07. The molecule has 1 unspecified atom stereocenters. The Morgan fingerprint density at radius 2 is 2.09 bits per heavy atom. The van der Waals surface area contributed by atoms with Crippen molar-refractivity contribution in [1.82, 2.24) is 10.6 Å². The van der Waals surface area contributed by atoms with Crippen LogP contribution in [0, 0.1) is 0 Å². The zero-order valence-electron chi connectivity index (χ0n) is 12.9. The van der Waals surface area contributed by atoms with Gasteiger partial charge in [-0.05, 0) is 43.5 Å². The molecule has 0 radical (unpaired) electrons. The van der Waals surface area contributed by atoms with Gasteiger partial charge in [0.25, 0.3) is 5.91 Å². The Bertz CT molecular complexity index is 625. The molecule has 0 spiro atoms. The van der Waals surface area contributed by atoms with Crippen molar-refractivity contribution in [3.05, 3.63) is 47.7 Å². The molecular formula is C18H22N2O2. The highest BCUT2D eigenvalue weighted by Crippen LogP contribution is 2.22. The van der Waals surface area contributed by atoms with Gasteiger partial charge in [0, 0.05) is 18.2 Å². The van der Waals surface area contributed by atoms with E-state index >= 15 is 0 Å². The molecule has 22 heavy (non-hydrogen) atoms. The van der Waals surface area contributed by atoms with E-state index < -0.39 is 0 Å². The summed E-state index contributed by atoms with van der Waals surface area (Å²) in [6, 6.07) is 12.2. The molecule has 1 aliphatic heterocycles. The van der Waals surface area contributed by atoms with Crippen molar-refractivity contribution in [2.75, 3.05) is 13.1 Å². The monoisotopic (exact) mass is 298 g/mol. The molecule has 2 aromatic rings. The van der Waals surface area contributed by atoms with Gasteiger partial charge >= 0.3 is 0 Å². The second-order valence-corrected chi connectivity index (χ2v) is 5.72. The maximum atomic E-state index is 12.1. The average Bonchev–Trinajstić information content (AvgIpc) is 3.24. The molecule has 0 aliphatic carbocycles. The summed E-state index contributed by atoms with van der Waals surface area (Å²) in [4.78, 5) is 12.1. The summed E-state index contributed by atoms with van der Waals surface area (Å²) in [7, 11) is 0. The molecule has 1 aliphatic rings. The highest BCUT2D eigenvalue weighted by Gasteiger charge is 2.17. The third kappa shape index (κ3) is 3.39. The highest BCUT2D eigenvalue weighted by atomic mass is 16.3. The number of hydrogen-bond donors (Lipinski definition) is 2. The summed E-state index contributed by atoms with van der Waals surface area (Å²) >= 11 is 0. The minimum absolute atomic E-state index is 0.148. The topological polar surface area (TPSA) is 54.3 Å². The van der Waals surface area contributed by atoms with E-state index in [1.165, 1.54) is 12.0 Å². The van der Waals surface area contributed by atoms with Gasteiger partial charge in [-0.1, -0.05) is 31.2 Å². The van der Waals surface area contributed by atoms with Crippen molar-refractivity contribution in [3.8, 4) is 11.3 Å². The number of carbonyl (C=O) groups excluding carboxylic acids is 1. The molecule has 1 atom stereocenters. The fourth-order valence-electron chi connectivity index (χ4n) is 2.75. The molecule has 1 saturated heterocycles. The second-order valence-electron chi connectivity index (χ2n) is 5.72. The van der Waals surface area contributed by atoms with E-state index in [2.05, 4.69) is 29.7 Å². The largest absolute Gasteiger partial charge is 0.451 e. The molecule has 1 aromatic heterocycles.